The summed E-state index contributed by atoms with van der Waals surface area (Å²) in [5.41, 5.74) is 0.0439. The van der Waals surface area contributed by atoms with Crippen molar-refractivity contribution in [2.45, 2.75) is 90.7 Å². The van der Waals surface area contributed by atoms with Crippen molar-refractivity contribution < 1.29 is 4.74 Å². The van der Waals surface area contributed by atoms with Crippen molar-refractivity contribution in [2.24, 2.45) is 5.92 Å². The molecule has 2 heteroatoms. The second-order valence-corrected chi connectivity index (χ2v) is 6.05. The normalized spacial score (nSPS) is 19.6. The van der Waals surface area contributed by atoms with Gasteiger partial charge in [-0.05, 0) is 38.6 Å². The van der Waals surface area contributed by atoms with E-state index in [1.54, 1.807) is 0 Å². The Morgan fingerprint density at radius 2 is 1.68 bits per heavy atom. The molecule has 0 aromatic rings. The fraction of sp³-hybridized carbons (Fsp3) is 1.00. The van der Waals surface area contributed by atoms with Crippen LogP contribution in [0.15, 0.2) is 0 Å². The first kappa shape index (κ1) is 17.0. The third kappa shape index (κ3) is 4.75. The monoisotopic (exact) mass is 269 g/mol. The van der Waals surface area contributed by atoms with Crippen LogP contribution in [0.5, 0.6) is 0 Å². The first-order valence-corrected chi connectivity index (χ1v) is 8.59. The lowest BCUT2D eigenvalue weighted by atomic mass is 9.78. The van der Waals surface area contributed by atoms with Crippen LogP contribution in [-0.2, 0) is 4.74 Å². The average molecular weight is 269 g/mol. The smallest absolute Gasteiger partial charge is 0.0829 e. The Kier molecular flexibility index (Phi) is 8.01. The Labute approximate surface area is 120 Å². The highest BCUT2D eigenvalue weighted by molar-refractivity contribution is 4.93. The molecule has 1 atom stereocenters. The lowest BCUT2D eigenvalue weighted by Crippen LogP contribution is -2.53. The quantitative estimate of drug-likeness (QED) is 0.664. The van der Waals surface area contributed by atoms with E-state index in [4.69, 9.17) is 4.74 Å². The van der Waals surface area contributed by atoms with Gasteiger partial charge < -0.3 is 10.1 Å². The maximum absolute atomic E-state index is 6.22. The largest absolute Gasteiger partial charge is 0.374 e. The third-order valence-electron chi connectivity index (χ3n) is 5.01. The van der Waals surface area contributed by atoms with Crippen LogP contribution in [0.1, 0.15) is 79.1 Å². The summed E-state index contributed by atoms with van der Waals surface area (Å²) in [6.45, 7) is 10.8. The van der Waals surface area contributed by atoms with Crippen LogP contribution in [-0.4, -0.2) is 24.8 Å². The van der Waals surface area contributed by atoms with Crippen molar-refractivity contribution in [2.75, 3.05) is 13.2 Å². The Morgan fingerprint density at radius 3 is 2.16 bits per heavy atom. The summed E-state index contributed by atoms with van der Waals surface area (Å²) in [6, 6.07) is 0.524. The predicted octanol–water partition coefficient (Wildman–Crippen LogP) is 4.53. The second kappa shape index (κ2) is 8.97. The molecule has 1 fully saturated rings. The number of ether oxygens (including phenoxy) is 1. The topological polar surface area (TPSA) is 21.3 Å². The van der Waals surface area contributed by atoms with E-state index in [0.29, 0.717) is 6.04 Å². The van der Waals surface area contributed by atoms with Gasteiger partial charge in [0.05, 0.1) is 5.60 Å². The Morgan fingerprint density at radius 1 is 1.05 bits per heavy atom. The predicted molar refractivity (Wildman–Crippen MR) is 83.6 cm³/mol. The Balaban J connectivity index is 2.70. The zero-order valence-corrected chi connectivity index (χ0v) is 13.6. The number of rotatable bonds is 9. The molecule has 0 bridgehead atoms. The molecular weight excluding hydrogens is 234 g/mol. The van der Waals surface area contributed by atoms with Gasteiger partial charge in [0.2, 0.25) is 0 Å². The van der Waals surface area contributed by atoms with E-state index in [0.717, 1.165) is 31.9 Å². The average Bonchev–Trinajstić information content (AvgIpc) is 2.46. The van der Waals surface area contributed by atoms with Crippen molar-refractivity contribution in [1.82, 2.24) is 5.32 Å². The summed E-state index contributed by atoms with van der Waals surface area (Å²) in [5, 5.41) is 3.73. The van der Waals surface area contributed by atoms with Crippen molar-refractivity contribution in [3.05, 3.63) is 0 Å². The lowest BCUT2D eigenvalue weighted by molar-refractivity contribution is -0.0773. The molecule has 1 rings (SSSR count). The fourth-order valence-electron chi connectivity index (χ4n) is 3.82. The van der Waals surface area contributed by atoms with E-state index in [9.17, 15) is 0 Å². The highest BCUT2D eigenvalue weighted by Crippen LogP contribution is 2.34. The third-order valence-corrected chi connectivity index (χ3v) is 5.01. The molecule has 1 aliphatic carbocycles. The minimum atomic E-state index is 0.0439. The van der Waals surface area contributed by atoms with E-state index >= 15 is 0 Å². The van der Waals surface area contributed by atoms with Crippen LogP contribution in [0.4, 0.5) is 0 Å². The minimum Gasteiger partial charge on any atom is -0.374 e. The van der Waals surface area contributed by atoms with Gasteiger partial charge in [-0.1, -0.05) is 52.9 Å². The summed E-state index contributed by atoms with van der Waals surface area (Å²) in [5.74, 6) is 0.913. The lowest BCUT2D eigenvalue weighted by Gasteiger charge is -2.42. The zero-order valence-electron chi connectivity index (χ0n) is 13.6. The van der Waals surface area contributed by atoms with Crippen molar-refractivity contribution >= 4 is 0 Å². The first-order valence-electron chi connectivity index (χ1n) is 8.59. The molecule has 0 saturated heterocycles. The van der Waals surface area contributed by atoms with Crippen LogP contribution in [0.2, 0.25) is 0 Å². The minimum absolute atomic E-state index is 0.0439. The molecule has 0 aromatic heterocycles. The molecule has 114 valence electrons. The highest BCUT2D eigenvalue weighted by atomic mass is 16.5. The standard InChI is InChI=1S/C17H35NO/c1-5-17(6-2,19-8-4)16(18-7-3)14-15-12-10-9-11-13-15/h15-16,18H,5-14H2,1-4H3. The number of hydrogen-bond acceptors (Lipinski definition) is 2. The molecule has 2 nitrogen and oxygen atoms in total. The Bertz CT molecular complexity index is 219. The van der Waals surface area contributed by atoms with Crippen LogP contribution >= 0.6 is 0 Å². The summed E-state index contributed by atoms with van der Waals surface area (Å²) in [6.07, 6.45) is 10.7. The molecule has 0 aliphatic heterocycles. The Hall–Kier alpha value is -0.0800. The maximum atomic E-state index is 6.22. The highest BCUT2D eigenvalue weighted by Gasteiger charge is 2.37. The molecule has 1 saturated carbocycles. The van der Waals surface area contributed by atoms with E-state index in [1.165, 1.54) is 38.5 Å². The molecule has 19 heavy (non-hydrogen) atoms. The number of nitrogens with one attached hydrogen (secondary N) is 1. The molecule has 1 unspecified atom stereocenters. The van der Waals surface area contributed by atoms with Gasteiger partial charge >= 0.3 is 0 Å². The van der Waals surface area contributed by atoms with Crippen molar-refractivity contribution in [3.8, 4) is 0 Å². The van der Waals surface area contributed by atoms with Gasteiger partial charge in [0.25, 0.3) is 0 Å². The molecule has 1 N–H and O–H groups in total. The maximum Gasteiger partial charge on any atom is 0.0829 e. The number of likely N-dealkylation sites (N-methyl/N-ethyl adjacent to an activating group) is 1. The zero-order chi connectivity index (χ0) is 14.1. The molecular formula is C17H35NO. The molecule has 0 spiro atoms. The van der Waals surface area contributed by atoms with Crippen LogP contribution in [0.3, 0.4) is 0 Å². The summed E-state index contributed by atoms with van der Waals surface area (Å²) in [4.78, 5) is 0. The van der Waals surface area contributed by atoms with Gasteiger partial charge in [-0.3, -0.25) is 0 Å². The SMILES string of the molecule is CCNC(CC1CCCCC1)C(CC)(CC)OCC. The van der Waals surface area contributed by atoms with Crippen LogP contribution < -0.4 is 5.32 Å². The second-order valence-electron chi connectivity index (χ2n) is 6.05. The van der Waals surface area contributed by atoms with Gasteiger partial charge in [0.15, 0.2) is 0 Å². The summed E-state index contributed by atoms with van der Waals surface area (Å²) >= 11 is 0. The van der Waals surface area contributed by atoms with Crippen molar-refractivity contribution in [3.63, 3.8) is 0 Å². The molecule has 0 amide bonds. The summed E-state index contributed by atoms with van der Waals surface area (Å²) < 4.78 is 6.22. The van der Waals surface area contributed by atoms with Crippen LogP contribution in [0, 0.1) is 5.92 Å². The molecule has 1 aliphatic rings. The number of hydrogen-bond donors (Lipinski definition) is 1. The van der Waals surface area contributed by atoms with Gasteiger partial charge in [-0.2, -0.15) is 0 Å². The van der Waals surface area contributed by atoms with E-state index in [2.05, 4.69) is 33.0 Å². The fourth-order valence-corrected chi connectivity index (χ4v) is 3.82. The molecule has 0 heterocycles. The van der Waals surface area contributed by atoms with Gasteiger partial charge in [-0.25, -0.2) is 0 Å². The van der Waals surface area contributed by atoms with Gasteiger partial charge in [0, 0.05) is 12.6 Å². The van der Waals surface area contributed by atoms with E-state index < -0.39 is 0 Å². The van der Waals surface area contributed by atoms with Gasteiger partial charge in [-0.15, -0.1) is 0 Å². The first-order chi connectivity index (χ1) is 9.22. The van der Waals surface area contributed by atoms with E-state index in [-0.39, 0.29) is 5.60 Å². The van der Waals surface area contributed by atoms with Crippen molar-refractivity contribution in [1.29, 1.82) is 0 Å². The molecule has 0 aromatic carbocycles. The van der Waals surface area contributed by atoms with Crippen LogP contribution in [0.25, 0.3) is 0 Å². The van der Waals surface area contributed by atoms with Gasteiger partial charge in [0.1, 0.15) is 0 Å². The molecule has 0 radical (unpaired) electrons. The summed E-state index contributed by atoms with van der Waals surface area (Å²) in [7, 11) is 0. The van der Waals surface area contributed by atoms with E-state index in [1.807, 2.05) is 0 Å².